The predicted molar refractivity (Wildman–Crippen MR) is 47.5 cm³/mol. The Kier molecular flexibility index (Phi) is 5.10. The molecule has 11 heavy (non-hydrogen) atoms. The van der Waals surface area contributed by atoms with E-state index >= 15 is 0 Å². The highest BCUT2D eigenvalue weighted by molar-refractivity contribution is 6.07. The molecule has 0 bridgehead atoms. The minimum Gasteiger partial charge on any atom is -0.342 e. The van der Waals surface area contributed by atoms with E-state index in [1.807, 2.05) is 13.8 Å². The summed E-state index contributed by atoms with van der Waals surface area (Å²) in [6.45, 7) is 4.04. The Morgan fingerprint density at radius 2 is 2.18 bits per heavy atom. The average Bonchev–Trinajstić information content (AvgIpc) is 1.98. The lowest BCUT2D eigenvalue weighted by Gasteiger charge is -2.17. The Morgan fingerprint density at radius 1 is 1.64 bits per heavy atom. The third-order valence-corrected chi connectivity index (χ3v) is 1.46. The van der Waals surface area contributed by atoms with Crippen LogP contribution in [0.2, 0.25) is 0 Å². The highest BCUT2D eigenvalue weighted by atomic mass is 16.1. The van der Waals surface area contributed by atoms with Crippen LogP contribution in [0.3, 0.4) is 0 Å². The zero-order valence-corrected chi connectivity index (χ0v) is 7.35. The lowest BCUT2D eigenvalue weighted by molar-refractivity contribution is -0.124. The van der Waals surface area contributed by atoms with Crippen molar-refractivity contribution in [2.45, 2.75) is 20.0 Å². The van der Waals surface area contributed by atoms with Crippen molar-refractivity contribution in [1.82, 2.24) is 10.5 Å². The molecule has 0 aromatic rings. The molecule has 0 aliphatic carbocycles. The molecule has 0 saturated carbocycles. The molecule has 0 heterocycles. The summed E-state index contributed by atoms with van der Waals surface area (Å²) in [5.74, 6) is 0.171. The van der Waals surface area contributed by atoms with Gasteiger partial charge in [-0.3, -0.25) is 10.1 Å². The molecular formula is C6H16BN3O. The molecule has 0 aliphatic rings. The van der Waals surface area contributed by atoms with Gasteiger partial charge in [0.1, 0.15) is 6.17 Å². The number of Topliss-reactive ketones (excluding diaryl/α,β-unsaturated/α-hetero) is 1. The molecule has 0 aliphatic heterocycles. The quantitative estimate of drug-likeness (QED) is 0.324. The van der Waals surface area contributed by atoms with Crippen molar-refractivity contribution in [3.63, 3.8) is 0 Å². The molecule has 0 amide bonds. The summed E-state index contributed by atoms with van der Waals surface area (Å²) in [7, 11) is 1.73. The minimum absolute atomic E-state index is 0.0338. The molecule has 1 unspecified atom stereocenters. The third kappa shape index (κ3) is 3.50. The molecule has 0 aromatic carbocycles. The Balaban J connectivity index is 3.92. The van der Waals surface area contributed by atoms with Crippen molar-refractivity contribution < 1.29 is 4.79 Å². The van der Waals surface area contributed by atoms with Crippen LogP contribution >= 0.6 is 0 Å². The largest absolute Gasteiger partial charge is 0.342 e. The minimum atomic E-state index is -0.306. The molecule has 64 valence electrons. The zero-order valence-electron chi connectivity index (χ0n) is 7.35. The molecule has 0 rings (SSSR count). The smallest absolute Gasteiger partial charge is 0.184 e. The van der Waals surface area contributed by atoms with Crippen molar-refractivity contribution in [2.24, 2.45) is 11.7 Å². The summed E-state index contributed by atoms with van der Waals surface area (Å²) in [4.78, 5) is 11.3. The molecule has 0 saturated heterocycles. The van der Waals surface area contributed by atoms with E-state index in [9.17, 15) is 4.79 Å². The van der Waals surface area contributed by atoms with Crippen LogP contribution in [0.15, 0.2) is 0 Å². The third-order valence-electron chi connectivity index (χ3n) is 1.46. The fourth-order valence-electron chi connectivity index (χ4n) is 0.796. The first kappa shape index (κ1) is 10.6. The molecule has 1 atom stereocenters. The number of nitrogens with two attached hydrogens (primary N) is 1. The van der Waals surface area contributed by atoms with Gasteiger partial charge < -0.3 is 11.0 Å². The van der Waals surface area contributed by atoms with Gasteiger partial charge in [0.2, 0.25) is 0 Å². The normalized spacial score (nSPS) is 13.5. The van der Waals surface area contributed by atoms with Gasteiger partial charge in [-0.2, -0.15) is 0 Å². The van der Waals surface area contributed by atoms with Gasteiger partial charge in [0, 0.05) is 12.6 Å². The fraction of sp³-hybridized carbons (Fsp3) is 0.833. The standard InChI is InChI=1S/C6H16BN3O/c1-4(2)5(11)6(10-7)9-3-8/h4,6,9-10H,3,7-8H2,1-2H3. The van der Waals surface area contributed by atoms with Crippen LogP contribution in [0.25, 0.3) is 0 Å². The summed E-state index contributed by atoms with van der Waals surface area (Å²) in [6, 6.07) is 0. The number of ketones is 1. The second-order valence-electron chi connectivity index (χ2n) is 2.69. The Hall–Kier alpha value is -0.385. The van der Waals surface area contributed by atoms with Crippen molar-refractivity contribution in [3.8, 4) is 0 Å². The number of carbonyl (C=O) groups excluding carboxylic acids is 1. The Morgan fingerprint density at radius 3 is 2.45 bits per heavy atom. The lowest BCUT2D eigenvalue weighted by Crippen LogP contribution is -2.50. The topological polar surface area (TPSA) is 67.2 Å². The van der Waals surface area contributed by atoms with Crippen LogP contribution in [0.1, 0.15) is 13.8 Å². The van der Waals surface area contributed by atoms with Gasteiger partial charge in [-0.25, -0.2) is 0 Å². The monoisotopic (exact) mass is 157 g/mol. The molecule has 0 radical (unpaired) electrons. The maximum Gasteiger partial charge on any atom is 0.184 e. The van der Waals surface area contributed by atoms with Crippen molar-refractivity contribution >= 4 is 13.8 Å². The van der Waals surface area contributed by atoms with Crippen molar-refractivity contribution in [2.75, 3.05) is 6.67 Å². The number of hydrogen-bond acceptors (Lipinski definition) is 4. The fourth-order valence-corrected chi connectivity index (χ4v) is 0.796. The zero-order chi connectivity index (χ0) is 8.85. The van der Waals surface area contributed by atoms with Crippen LogP contribution in [0, 0.1) is 5.92 Å². The molecule has 0 spiro atoms. The molecule has 4 nitrogen and oxygen atoms in total. The van der Waals surface area contributed by atoms with Crippen LogP contribution in [-0.2, 0) is 4.79 Å². The summed E-state index contributed by atoms with van der Waals surface area (Å²) in [6.07, 6.45) is -0.306. The van der Waals surface area contributed by atoms with E-state index in [-0.39, 0.29) is 17.9 Å². The van der Waals surface area contributed by atoms with E-state index in [1.54, 1.807) is 7.98 Å². The number of hydrogen-bond donors (Lipinski definition) is 3. The number of nitrogens with one attached hydrogen (secondary N) is 2. The second-order valence-corrected chi connectivity index (χ2v) is 2.69. The van der Waals surface area contributed by atoms with Gasteiger partial charge >= 0.3 is 0 Å². The van der Waals surface area contributed by atoms with Crippen LogP contribution in [-0.4, -0.2) is 26.6 Å². The highest BCUT2D eigenvalue weighted by Gasteiger charge is 2.17. The first-order valence-corrected chi connectivity index (χ1v) is 3.78. The number of carbonyl (C=O) groups is 1. The Labute approximate surface area is 68.3 Å². The van der Waals surface area contributed by atoms with Gasteiger partial charge in [-0.15, -0.1) is 0 Å². The van der Waals surface area contributed by atoms with E-state index in [4.69, 9.17) is 5.73 Å². The molecule has 0 fully saturated rings. The summed E-state index contributed by atoms with van der Waals surface area (Å²) in [5, 5.41) is 5.67. The van der Waals surface area contributed by atoms with Gasteiger partial charge in [-0.1, -0.05) is 13.8 Å². The van der Waals surface area contributed by atoms with E-state index in [0.29, 0.717) is 6.67 Å². The summed E-state index contributed by atoms with van der Waals surface area (Å²) >= 11 is 0. The maximum atomic E-state index is 11.3. The van der Waals surface area contributed by atoms with Crippen molar-refractivity contribution in [1.29, 1.82) is 0 Å². The predicted octanol–water partition coefficient (Wildman–Crippen LogP) is -1.82. The van der Waals surface area contributed by atoms with E-state index in [0.717, 1.165) is 0 Å². The first-order valence-electron chi connectivity index (χ1n) is 3.78. The van der Waals surface area contributed by atoms with Gasteiger partial charge in [0.25, 0.3) is 0 Å². The summed E-state index contributed by atoms with van der Waals surface area (Å²) < 4.78 is 0. The average molecular weight is 157 g/mol. The highest BCUT2D eigenvalue weighted by Crippen LogP contribution is 1.96. The van der Waals surface area contributed by atoms with Crippen LogP contribution in [0.5, 0.6) is 0 Å². The maximum absolute atomic E-state index is 11.3. The van der Waals surface area contributed by atoms with Gasteiger partial charge in [-0.05, 0) is 0 Å². The first-order chi connectivity index (χ1) is 5.13. The SMILES string of the molecule is BNC(NCN)C(=O)C(C)C. The lowest BCUT2D eigenvalue weighted by atomic mass is 10.1. The van der Waals surface area contributed by atoms with Crippen LogP contribution in [0.4, 0.5) is 0 Å². The number of rotatable bonds is 5. The molecular weight excluding hydrogens is 141 g/mol. The van der Waals surface area contributed by atoms with Crippen molar-refractivity contribution in [3.05, 3.63) is 0 Å². The van der Waals surface area contributed by atoms with E-state index in [2.05, 4.69) is 10.5 Å². The Bertz CT molecular complexity index is 129. The molecule has 0 aromatic heterocycles. The van der Waals surface area contributed by atoms with Gasteiger partial charge in [0.15, 0.2) is 13.8 Å². The molecule has 4 N–H and O–H groups in total. The summed E-state index contributed by atoms with van der Waals surface area (Å²) in [5.41, 5.74) is 5.24. The van der Waals surface area contributed by atoms with Gasteiger partial charge in [0.05, 0.1) is 0 Å². The van der Waals surface area contributed by atoms with Crippen LogP contribution < -0.4 is 16.3 Å². The molecule has 5 heteroatoms. The van der Waals surface area contributed by atoms with E-state index in [1.165, 1.54) is 0 Å². The second kappa shape index (κ2) is 5.29. The van der Waals surface area contributed by atoms with E-state index < -0.39 is 0 Å².